The van der Waals surface area contributed by atoms with Gasteiger partial charge in [0, 0.05) is 15.8 Å². The van der Waals surface area contributed by atoms with E-state index in [9.17, 15) is 4.79 Å². The standard InChI is InChI=1S/C13H18IN3O2/c1-17-7-4-9(5-8-17)16-12(18)11-10(14)3-6-15-13(11)19-2/h3,6,9H,4-5,7-8H2,1-2H3,(H,16,18). The summed E-state index contributed by atoms with van der Waals surface area (Å²) in [7, 11) is 3.63. The Bertz CT molecular complexity index is 459. The Morgan fingerprint density at radius 1 is 1.53 bits per heavy atom. The Kier molecular flexibility index (Phi) is 4.98. The molecular weight excluding hydrogens is 357 g/mol. The average molecular weight is 375 g/mol. The van der Waals surface area contributed by atoms with Gasteiger partial charge in [-0.15, -0.1) is 0 Å². The van der Waals surface area contributed by atoms with Gasteiger partial charge in [0.1, 0.15) is 5.56 Å². The Hall–Kier alpha value is -0.890. The maximum atomic E-state index is 12.3. The van der Waals surface area contributed by atoms with Crippen LogP contribution in [0.15, 0.2) is 12.3 Å². The van der Waals surface area contributed by atoms with Crippen molar-refractivity contribution in [2.24, 2.45) is 0 Å². The topological polar surface area (TPSA) is 54.5 Å². The summed E-state index contributed by atoms with van der Waals surface area (Å²) < 4.78 is 6.02. The lowest BCUT2D eigenvalue weighted by Gasteiger charge is -2.29. The second-order valence-corrected chi connectivity index (χ2v) is 5.89. The number of halogens is 1. The first-order valence-electron chi connectivity index (χ1n) is 6.29. The predicted octanol–water partition coefficient (Wildman–Crippen LogP) is 1.52. The summed E-state index contributed by atoms with van der Waals surface area (Å²) in [5.41, 5.74) is 0.532. The van der Waals surface area contributed by atoms with Gasteiger partial charge in [0.2, 0.25) is 5.88 Å². The number of piperidine rings is 1. The zero-order valence-electron chi connectivity index (χ0n) is 11.1. The Labute approximate surface area is 126 Å². The van der Waals surface area contributed by atoms with Gasteiger partial charge in [-0.05, 0) is 61.6 Å². The summed E-state index contributed by atoms with van der Waals surface area (Å²) in [4.78, 5) is 18.7. The van der Waals surface area contributed by atoms with Crippen LogP contribution in [0.3, 0.4) is 0 Å². The number of nitrogens with one attached hydrogen (secondary N) is 1. The van der Waals surface area contributed by atoms with E-state index in [1.165, 1.54) is 7.11 Å². The molecular formula is C13H18IN3O2. The van der Waals surface area contributed by atoms with Gasteiger partial charge in [0.05, 0.1) is 7.11 Å². The number of aromatic nitrogens is 1. The monoisotopic (exact) mass is 375 g/mol. The van der Waals surface area contributed by atoms with Crippen LogP contribution in [-0.4, -0.2) is 49.1 Å². The second-order valence-electron chi connectivity index (χ2n) is 4.73. The molecule has 0 aliphatic carbocycles. The molecule has 0 saturated carbocycles. The summed E-state index contributed by atoms with van der Waals surface area (Å²) in [6.07, 6.45) is 3.62. The van der Waals surface area contributed by atoms with Crippen LogP contribution in [0.25, 0.3) is 0 Å². The lowest BCUT2D eigenvalue weighted by Crippen LogP contribution is -2.43. The summed E-state index contributed by atoms with van der Waals surface area (Å²) in [5.74, 6) is 0.293. The summed E-state index contributed by atoms with van der Waals surface area (Å²) in [6, 6.07) is 2.05. The highest BCUT2D eigenvalue weighted by molar-refractivity contribution is 14.1. The van der Waals surface area contributed by atoms with Crippen molar-refractivity contribution in [3.05, 3.63) is 21.4 Å². The number of methoxy groups -OCH3 is 1. The molecule has 1 amide bonds. The highest BCUT2D eigenvalue weighted by atomic mass is 127. The van der Waals surface area contributed by atoms with Gasteiger partial charge in [-0.25, -0.2) is 4.98 Å². The molecule has 0 bridgehead atoms. The second kappa shape index (κ2) is 6.51. The van der Waals surface area contributed by atoms with Crippen molar-refractivity contribution in [3.8, 4) is 5.88 Å². The van der Waals surface area contributed by atoms with E-state index in [0.29, 0.717) is 11.4 Å². The van der Waals surface area contributed by atoms with E-state index in [-0.39, 0.29) is 11.9 Å². The molecule has 1 aliphatic rings. The quantitative estimate of drug-likeness (QED) is 0.815. The number of pyridine rings is 1. The van der Waals surface area contributed by atoms with Crippen LogP contribution in [0, 0.1) is 3.57 Å². The summed E-state index contributed by atoms with van der Waals surface area (Å²) >= 11 is 2.13. The molecule has 0 spiro atoms. The fourth-order valence-electron chi connectivity index (χ4n) is 2.19. The van der Waals surface area contributed by atoms with Crippen molar-refractivity contribution in [2.45, 2.75) is 18.9 Å². The SMILES string of the molecule is COc1nccc(I)c1C(=O)NC1CCN(C)CC1. The van der Waals surface area contributed by atoms with Crippen molar-refractivity contribution >= 4 is 28.5 Å². The van der Waals surface area contributed by atoms with E-state index in [0.717, 1.165) is 29.5 Å². The lowest BCUT2D eigenvalue weighted by atomic mass is 10.1. The van der Waals surface area contributed by atoms with Crippen molar-refractivity contribution in [1.82, 2.24) is 15.2 Å². The van der Waals surface area contributed by atoms with Crippen LogP contribution in [0.2, 0.25) is 0 Å². The third-order valence-corrected chi connectivity index (χ3v) is 4.24. The summed E-state index contributed by atoms with van der Waals surface area (Å²) in [6.45, 7) is 2.04. The third kappa shape index (κ3) is 3.56. The number of nitrogens with zero attached hydrogens (tertiary/aromatic N) is 2. The van der Waals surface area contributed by atoms with Gasteiger partial charge < -0.3 is 15.0 Å². The number of carbonyl (C=O) groups is 1. The van der Waals surface area contributed by atoms with Gasteiger partial charge in [-0.2, -0.15) is 0 Å². The van der Waals surface area contributed by atoms with Crippen LogP contribution in [0.5, 0.6) is 5.88 Å². The lowest BCUT2D eigenvalue weighted by molar-refractivity contribution is 0.0912. The van der Waals surface area contributed by atoms with Gasteiger partial charge >= 0.3 is 0 Å². The molecule has 1 aliphatic heterocycles. The largest absolute Gasteiger partial charge is 0.480 e. The molecule has 0 radical (unpaired) electrons. The van der Waals surface area contributed by atoms with E-state index in [4.69, 9.17) is 4.74 Å². The first-order valence-corrected chi connectivity index (χ1v) is 7.37. The average Bonchev–Trinajstić information content (AvgIpc) is 2.40. The molecule has 6 heteroatoms. The molecule has 104 valence electrons. The highest BCUT2D eigenvalue weighted by Crippen LogP contribution is 2.21. The zero-order valence-corrected chi connectivity index (χ0v) is 13.3. The van der Waals surface area contributed by atoms with Crippen LogP contribution in [-0.2, 0) is 0 Å². The molecule has 5 nitrogen and oxygen atoms in total. The molecule has 1 saturated heterocycles. The van der Waals surface area contributed by atoms with E-state index in [1.54, 1.807) is 6.20 Å². The molecule has 1 aromatic heterocycles. The van der Waals surface area contributed by atoms with Crippen molar-refractivity contribution in [2.75, 3.05) is 27.2 Å². The molecule has 0 aromatic carbocycles. The number of hydrogen-bond donors (Lipinski definition) is 1. The van der Waals surface area contributed by atoms with Gasteiger partial charge in [-0.3, -0.25) is 4.79 Å². The zero-order chi connectivity index (χ0) is 13.8. The Morgan fingerprint density at radius 3 is 2.84 bits per heavy atom. The molecule has 1 fully saturated rings. The van der Waals surface area contributed by atoms with E-state index in [2.05, 4.69) is 44.8 Å². The predicted molar refractivity (Wildman–Crippen MR) is 81.5 cm³/mol. The van der Waals surface area contributed by atoms with E-state index in [1.807, 2.05) is 6.07 Å². The van der Waals surface area contributed by atoms with Gasteiger partial charge in [0.15, 0.2) is 0 Å². The van der Waals surface area contributed by atoms with Crippen LogP contribution < -0.4 is 10.1 Å². The minimum Gasteiger partial charge on any atom is -0.480 e. The van der Waals surface area contributed by atoms with E-state index >= 15 is 0 Å². The first-order chi connectivity index (χ1) is 9.11. The molecule has 1 N–H and O–H groups in total. The molecule has 0 atom stereocenters. The maximum Gasteiger partial charge on any atom is 0.258 e. The van der Waals surface area contributed by atoms with Gasteiger partial charge in [0.25, 0.3) is 5.91 Å². The highest BCUT2D eigenvalue weighted by Gasteiger charge is 2.22. The minimum atomic E-state index is -0.0936. The third-order valence-electron chi connectivity index (χ3n) is 3.34. The molecule has 0 unspecified atom stereocenters. The summed E-state index contributed by atoms with van der Waals surface area (Å²) in [5, 5.41) is 3.08. The van der Waals surface area contributed by atoms with Crippen molar-refractivity contribution < 1.29 is 9.53 Å². The van der Waals surface area contributed by atoms with Gasteiger partial charge in [-0.1, -0.05) is 0 Å². The Balaban J connectivity index is 2.08. The fraction of sp³-hybridized carbons (Fsp3) is 0.538. The van der Waals surface area contributed by atoms with Crippen molar-refractivity contribution in [3.63, 3.8) is 0 Å². The van der Waals surface area contributed by atoms with Crippen LogP contribution in [0.4, 0.5) is 0 Å². The molecule has 2 rings (SSSR count). The molecule has 19 heavy (non-hydrogen) atoms. The normalized spacial score (nSPS) is 17.2. The van der Waals surface area contributed by atoms with Crippen LogP contribution >= 0.6 is 22.6 Å². The Morgan fingerprint density at radius 2 is 2.21 bits per heavy atom. The number of carbonyl (C=O) groups excluding carboxylic acids is 1. The maximum absolute atomic E-state index is 12.3. The number of likely N-dealkylation sites (tertiary alicyclic amines) is 1. The smallest absolute Gasteiger partial charge is 0.258 e. The van der Waals surface area contributed by atoms with E-state index < -0.39 is 0 Å². The number of rotatable bonds is 3. The number of hydrogen-bond acceptors (Lipinski definition) is 4. The fourth-order valence-corrected chi connectivity index (χ4v) is 2.83. The minimum absolute atomic E-state index is 0.0936. The van der Waals surface area contributed by atoms with Crippen molar-refractivity contribution in [1.29, 1.82) is 0 Å². The molecule has 1 aromatic rings. The first kappa shape index (κ1) is 14.5. The number of amides is 1. The van der Waals surface area contributed by atoms with Crippen LogP contribution in [0.1, 0.15) is 23.2 Å². The molecule has 2 heterocycles. The number of ether oxygens (including phenoxy) is 1.